The summed E-state index contributed by atoms with van der Waals surface area (Å²) in [7, 11) is 2.97. The van der Waals surface area contributed by atoms with Crippen LogP contribution in [0.1, 0.15) is 27.7 Å². The van der Waals surface area contributed by atoms with E-state index in [1.165, 1.54) is 30.2 Å². The summed E-state index contributed by atoms with van der Waals surface area (Å²) < 4.78 is 7.48. The molecule has 0 N–H and O–H groups in total. The number of carbonyl (C=O) groups excluding carboxylic acids is 2. The van der Waals surface area contributed by atoms with Gasteiger partial charge in [-0.1, -0.05) is 5.16 Å². The van der Waals surface area contributed by atoms with E-state index in [1.54, 1.807) is 27.7 Å². The Balaban J connectivity index is 4.35. The van der Waals surface area contributed by atoms with Crippen LogP contribution in [0.15, 0.2) is 5.16 Å². The monoisotopic (exact) mass is 323 g/mol. The molecule has 0 aromatic carbocycles. The van der Waals surface area contributed by atoms with E-state index in [4.69, 9.17) is 9.57 Å². The van der Waals surface area contributed by atoms with Gasteiger partial charge in [-0.05, 0) is 34.0 Å². The first-order valence-corrected chi connectivity index (χ1v) is 7.70. The van der Waals surface area contributed by atoms with Crippen molar-refractivity contribution in [2.24, 2.45) is 5.16 Å². The van der Waals surface area contributed by atoms with Crippen molar-refractivity contribution in [3.05, 3.63) is 0 Å². The highest BCUT2D eigenvalue weighted by molar-refractivity contribution is 8.13. The summed E-state index contributed by atoms with van der Waals surface area (Å²) in [5, 5.41) is 4.24. The van der Waals surface area contributed by atoms with Gasteiger partial charge >= 0.3 is 12.2 Å². The van der Waals surface area contributed by atoms with Crippen LogP contribution >= 0.6 is 23.9 Å². The van der Waals surface area contributed by atoms with E-state index in [-0.39, 0.29) is 0 Å². The average Bonchev–Trinajstić information content (AvgIpc) is 2.32. The zero-order chi connectivity index (χ0) is 15.9. The number of thioether (sulfide) groups is 1. The third kappa shape index (κ3) is 8.16. The van der Waals surface area contributed by atoms with Gasteiger partial charge in [0.1, 0.15) is 10.6 Å². The van der Waals surface area contributed by atoms with Gasteiger partial charge in [0, 0.05) is 14.1 Å². The quantitative estimate of drug-likeness (QED) is 0.261. The fraction of sp³-hybridized carbons (Fsp3) is 0.727. The fourth-order valence-corrected chi connectivity index (χ4v) is 1.46. The molecule has 20 heavy (non-hydrogen) atoms. The normalized spacial score (nSPS) is 11.8. The van der Waals surface area contributed by atoms with Crippen LogP contribution in [0.2, 0.25) is 0 Å². The van der Waals surface area contributed by atoms with E-state index < -0.39 is 17.8 Å². The second-order valence-electron chi connectivity index (χ2n) is 4.73. The topological polar surface area (TPSA) is 71.4 Å². The summed E-state index contributed by atoms with van der Waals surface area (Å²) in [6.07, 6.45) is 0.589. The summed E-state index contributed by atoms with van der Waals surface area (Å²) in [5.74, 6) is 0. The second-order valence-corrected chi connectivity index (χ2v) is 6.99. The molecule has 0 aromatic heterocycles. The van der Waals surface area contributed by atoms with Crippen LogP contribution in [0, 0.1) is 0 Å². The Labute approximate surface area is 128 Å². The number of hydrogen-bond donors (Lipinski definition) is 0. The Hall–Kier alpha value is -1.09. The van der Waals surface area contributed by atoms with Crippen LogP contribution in [-0.2, 0) is 9.57 Å². The van der Waals surface area contributed by atoms with Crippen molar-refractivity contribution in [3.63, 3.8) is 0 Å². The highest BCUT2D eigenvalue weighted by Gasteiger charge is 2.23. The molecule has 0 aliphatic carbocycles. The summed E-state index contributed by atoms with van der Waals surface area (Å²) >= 11 is 2.22. The summed E-state index contributed by atoms with van der Waals surface area (Å²) in [5.41, 5.74) is -0.593. The predicted octanol–water partition coefficient (Wildman–Crippen LogP) is 3.18. The van der Waals surface area contributed by atoms with Gasteiger partial charge in [0.05, 0.1) is 12.1 Å². The third-order valence-corrected chi connectivity index (χ3v) is 3.15. The van der Waals surface area contributed by atoms with Crippen LogP contribution in [0.5, 0.6) is 0 Å². The molecule has 0 heterocycles. The first kappa shape index (κ1) is 18.9. The summed E-state index contributed by atoms with van der Waals surface area (Å²) in [6.45, 7) is 7.02. The molecule has 7 nitrogen and oxygen atoms in total. The van der Waals surface area contributed by atoms with Crippen LogP contribution < -0.4 is 0 Å². The molecule has 0 aliphatic rings. The Kier molecular flexibility index (Phi) is 7.80. The fourth-order valence-electron chi connectivity index (χ4n) is 0.775. The average molecular weight is 323 g/mol. The maximum Gasteiger partial charge on any atom is 0.447 e. The zero-order valence-electron chi connectivity index (χ0n) is 12.8. The first-order chi connectivity index (χ1) is 9.06. The Morgan fingerprint density at radius 2 is 1.60 bits per heavy atom. The molecule has 0 bridgehead atoms. The highest BCUT2D eigenvalue weighted by atomic mass is 32.2. The van der Waals surface area contributed by atoms with Crippen molar-refractivity contribution in [1.82, 2.24) is 8.61 Å². The summed E-state index contributed by atoms with van der Waals surface area (Å²) in [6, 6.07) is 0. The van der Waals surface area contributed by atoms with Crippen molar-refractivity contribution in [2.75, 3.05) is 20.4 Å². The Morgan fingerprint density at radius 1 is 1.10 bits per heavy atom. The van der Waals surface area contributed by atoms with Crippen molar-refractivity contribution in [1.29, 1.82) is 0 Å². The molecule has 0 unspecified atom stereocenters. The van der Waals surface area contributed by atoms with Gasteiger partial charge in [0.2, 0.25) is 0 Å². The molecular formula is C11H21N3O4S2. The molecule has 0 aliphatic heterocycles. The van der Waals surface area contributed by atoms with Gasteiger partial charge < -0.3 is 4.74 Å². The molecule has 116 valence electrons. The van der Waals surface area contributed by atoms with Crippen LogP contribution in [0.25, 0.3) is 0 Å². The van der Waals surface area contributed by atoms with Gasteiger partial charge in [0.15, 0.2) is 0 Å². The third-order valence-electron chi connectivity index (χ3n) is 1.70. The van der Waals surface area contributed by atoms with Crippen molar-refractivity contribution in [2.45, 2.75) is 33.3 Å². The number of ether oxygens (including phenoxy) is 1. The highest BCUT2D eigenvalue weighted by Crippen LogP contribution is 2.18. The van der Waals surface area contributed by atoms with E-state index in [0.717, 1.165) is 16.4 Å². The first-order valence-electron chi connectivity index (χ1n) is 5.75. The number of rotatable bonds is 3. The lowest BCUT2D eigenvalue weighted by Crippen LogP contribution is -2.33. The Morgan fingerprint density at radius 3 is 2.05 bits per heavy atom. The molecule has 0 saturated heterocycles. The molecule has 9 heteroatoms. The van der Waals surface area contributed by atoms with Gasteiger partial charge in [0.25, 0.3) is 0 Å². The van der Waals surface area contributed by atoms with Gasteiger partial charge in [-0.2, -0.15) is 0 Å². The van der Waals surface area contributed by atoms with Crippen molar-refractivity contribution < 1.29 is 19.2 Å². The standard InChI is InChI=1S/C11H21N3O4S2/c1-8(19-7)12-18-10(16)14(6)20-13(5)9(15)17-11(2,3)4/h1-7H3/b12-8+. The lowest BCUT2D eigenvalue weighted by molar-refractivity contribution is 0.0429. The SMILES string of the molecule is CS/C(C)=N/OC(=O)N(C)SN(C)C(=O)OC(C)(C)C. The van der Waals surface area contributed by atoms with Crippen LogP contribution in [0.3, 0.4) is 0 Å². The zero-order valence-corrected chi connectivity index (χ0v) is 14.4. The minimum absolute atomic E-state index is 0.550. The molecule has 0 aromatic rings. The van der Waals surface area contributed by atoms with E-state index in [1.807, 2.05) is 6.26 Å². The van der Waals surface area contributed by atoms with Crippen molar-refractivity contribution in [3.8, 4) is 0 Å². The van der Waals surface area contributed by atoms with E-state index in [9.17, 15) is 9.59 Å². The van der Waals surface area contributed by atoms with E-state index in [0.29, 0.717) is 5.04 Å². The molecule has 0 spiro atoms. The summed E-state index contributed by atoms with van der Waals surface area (Å²) in [4.78, 5) is 28.0. The largest absolute Gasteiger partial charge is 0.447 e. The lowest BCUT2D eigenvalue weighted by atomic mass is 10.2. The van der Waals surface area contributed by atoms with Gasteiger partial charge in [-0.15, -0.1) is 11.8 Å². The lowest BCUT2D eigenvalue weighted by Gasteiger charge is -2.25. The molecule has 2 amide bonds. The molecule has 0 radical (unpaired) electrons. The van der Waals surface area contributed by atoms with Gasteiger partial charge in [-0.3, -0.25) is 4.84 Å². The van der Waals surface area contributed by atoms with Crippen LogP contribution in [0.4, 0.5) is 9.59 Å². The van der Waals surface area contributed by atoms with Crippen molar-refractivity contribution >= 4 is 41.1 Å². The Bertz CT molecular complexity index is 382. The number of oxime groups is 1. The minimum atomic E-state index is -0.682. The van der Waals surface area contributed by atoms with Gasteiger partial charge in [-0.25, -0.2) is 18.2 Å². The molecule has 0 fully saturated rings. The maximum atomic E-state index is 11.7. The number of nitrogens with zero attached hydrogens (tertiary/aromatic N) is 3. The molecule has 0 atom stereocenters. The number of hydrogen-bond acceptors (Lipinski definition) is 7. The predicted molar refractivity (Wildman–Crippen MR) is 82.5 cm³/mol. The second kappa shape index (κ2) is 8.25. The number of carbonyl (C=O) groups is 2. The maximum absolute atomic E-state index is 11.7. The molecule has 0 rings (SSSR count). The smallest absolute Gasteiger partial charge is 0.443 e. The number of amides is 2. The van der Waals surface area contributed by atoms with Crippen LogP contribution in [-0.4, -0.2) is 51.8 Å². The molecule has 0 saturated carbocycles. The molecular weight excluding hydrogens is 302 g/mol. The van der Waals surface area contributed by atoms with E-state index >= 15 is 0 Å². The minimum Gasteiger partial charge on any atom is -0.443 e. The van der Waals surface area contributed by atoms with E-state index in [2.05, 4.69) is 5.16 Å².